The van der Waals surface area contributed by atoms with Crippen molar-refractivity contribution in [3.63, 3.8) is 0 Å². The topological polar surface area (TPSA) is 42.2 Å². The monoisotopic (exact) mass is 623 g/mol. The number of fused-ring (bicyclic) bond motifs is 9. The Kier molecular flexibility index (Phi) is 6.18. The summed E-state index contributed by atoms with van der Waals surface area (Å²) in [5.41, 5.74) is 13.4. The highest BCUT2D eigenvalue weighted by Crippen LogP contribution is 2.51. The van der Waals surface area contributed by atoms with E-state index in [2.05, 4.69) is 122 Å². The number of benzene rings is 3. The van der Waals surface area contributed by atoms with Crippen LogP contribution in [0.2, 0.25) is 0 Å². The fourth-order valence-corrected chi connectivity index (χ4v) is 8.88. The molecule has 0 bridgehead atoms. The lowest BCUT2D eigenvalue weighted by Gasteiger charge is -2.29. The molecule has 3 heterocycles. The van der Waals surface area contributed by atoms with Gasteiger partial charge in [-0.05, 0) is 84.9 Å². The van der Waals surface area contributed by atoms with Gasteiger partial charge in [-0.3, -0.25) is 0 Å². The van der Waals surface area contributed by atoms with Crippen molar-refractivity contribution >= 4 is 62.9 Å². The highest BCUT2D eigenvalue weighted by atomic mass is 16.3. The molecule has 0 saturated carbocycles. The number of hydrogen-bond acceptors (Lipinski definition) is 4. The van der Waals surface area contributed by atoms with Gasteiger partial charge in [0, 0.05) is 33.2 Å². The van der Waals surface area contributed by atoms with Crippen molar-refractivity contribution in [3.05, 3.63) is 135 Å². The van der Waals surface area contributed by atoms with E-state index in [1.165, 1.54) is 44.3 Å². The van der Waals surface area contributed by atoms with E-state index >= 15 is 0 Å². The van der Waals surface area contributed by atoms with Gasteiger partial charge >= 0.3 is 0 Å². The van der Waals surface area contributed by atoms with Gasteiger partial charge in [-0.2, -0.15) is 0 Å². The highest BCUT2D eigenvalue weighted by molar-refractivity contribution is 6.09. The van der Waals surface area contributed by atoms with Crippen molar-refractivity contribution in [3.8, 4) is 0 Å². The Hall–Kier alpha value is -5.22. The zero-order chi connectivity index (χ0) is 31.9. The molecule has 5 aliphatic rings. The van der Waals surface area contributed by atoms with Crippen LogP contribution in [0.15, 0.2) is 101 Å². The summed E-state index contributed by atoms with van der Waals surface area (Å²) in [5.74, 6) is 1.46. The first-order valence-corrected chi connectivity index (χ1v) is 17.5. The summed E-state index contributed by atoms with van der Waals surface area (Å²) in [4.78, 5) is 13.3. The summed E-state index contributed by atoms with van der Waals surface area (Å²) in [6.45, 7) is 4.52. The Balaban J connectivity index is 1.17. The van der Waals surface area contributed by atoms with Crippen molar-refractivity contribution in [1.29, 1.82) is 0 Å². The number of hydrogen-bond donors (Lipinski definition) is 0. The van der Waals surface area contributed by atoms with Gasteiger partial charge in [-0.25, -0.2) is 9.97 Å². The second-order valence-electron chi connectivity index (χ2n) is 14.1. The standard InChI is InChI=1S/C44H37N3O/c1-26-22-27(2)24-30(23-26)42-35-13-5-7-16-37(35)45-44(46-42)47-38-20-19-29(25-36(38)41-31-11-4-3-10-28(31)18-21-39(41)47)32-14-9-15-34-33-12-6-8-17-40(33)48-43(32)34/h3,6,8-10,12-23,25,27,36,38H,4-5,7,11,24H2,1-2H3. The van der Waals surface area contributed by atoms with Crippen molar-refractivity contribution in [2.24, 2.45) is 5.92 Å². The quantitative estimate of drug-likeness (QED) is 0.201. The maximum Gasteiger partial charge on any atom is 0.231 e. The van der Waals surface area contributed by atoms with Crippen molar-refractivity contribution in [2.45, 2.75) is 57.9 Å². The molecular weight excluding hydrogens is 587 g/mol. The summed E-state index contributed by atoms with van der Waals surface area (Å²) >= 11 is 0. The smallest absolute Gasteiger partial charge is 0.231 e. The van der Waals surface area contributed by atoms with Crippen LogP contribution in [0.4, 0.5) is 11.6 Å². The Morgan fingerprint density at radius 3 is 2.71 bits per heavy atom. The normalized spacial score (nSPS) is 22.2. The van der Waals surface area contributed by atoms with Crippen LogP contribution in [0.5, 0.6) is 0 Å². The molecular formula is C44H37N3O. The molecule has 4 nitrogen and oxygen atoms in total. The molecule has 2 aromatic heterocycles. The number of para-hydroxylation sites is 2. The molecule has 3 aromatic carbocycles. The van der Waals surface area contributed by atoms with Gasteiger partial charge in [-0.15, -0.1) is 0 Å². The number of allylic oxidation sites excluding steroid dienone is 7. The van der Waals surface area contributed by atoms with Crippen LogP contribution >= 0.6 is 0 Å². The summed E-state index contributed by atoms with van der Waals surface area (Å²) in [6, 6.07) is 19.6. The molecule has 4 aliphatic carbocycles. The Bertz CT molecular complexity index is 2490. The maximum absolute atomic E-state index is 6.51. The van der Waals surface area contributed by atoms with Crippen LogP contribution in [-0.4, -0.2) is 16.0 Å². The summed E-state index contributed by atoms with van der Waals surface area (Å²) in [5, 5.41) is 4.59. The molecule has 10 rings (SSSR count). The van der Waals surface area contributed by atoms with E-state index in [9.17, 15) is 0 Å². The van der Waals surface area contributed by atoms with E-state index in [0.29, 0.717) is 5.92 Å². The molecule has 0 amide bonds. The van der Waals surface area contributed by atoms with Crippen LogP contribution in [0.3, 0.4) is 0 Å². The second kappa shape index (κ2) is 10.6. The second-order valence-corrected chi connectivity index (χ2v) is 14.1. The van der Waals surface area contributed by atoms with E-state index in [1.54, 1.807) is 0 Å². The molecule has 0 radical (unpaired) electrons. The lowest BCUT2D eigenvalue weighted by molar-refractivity contribution is 0.667. The summed E-state index contributed by atoms with van der Waals surface area (Å²) in [7, 11) is 0. The van der Waals surface area contributed by atoms with Crippen LogP contribution < -0.4 is 15.5 Å². The molecule has 5 aromatic rings. The molecule has 0 spiro atoms. The molecule has 0 N–H and O–H groups in total. The van der Waals surface area contributed by atoms with Gasteiger partial charge in [0.25, 0.3) is 0 Å². The lowest BCUT2D eigenvalue weighted by atomic mass is 9.81. The predicted octanol–water partition coefficient (Wildman–Crippen LogP) is 9.32. The van der Waals surface area contributed by atoms with Gasteiger partial charge in [0.15, 0.2) is 0 Å². The first-order valence-electron chi connectivity index (χ1n) is 17.5. The highest BCUT2D eigenvalue weighted by Gasteiger charge is 2.42. The van der Waals surface area contributed by atoms with Gasteiger partial charge in [0.05, 0.1) is 17.1 Å². The SMILES string of the molecule is CC1=CC(C)CC(c2nc(N3c4ccc5c(c4C4C=C(c6cccc7c6oc6ccccc67)C=CC43)CCC=C5)nc3c2=CCCC=3)=C1. The van der Waals surface area contributed by atoms with E-state index < -0.39 is 0 Å². The van der Waals surface area contributed by atoms with E-state index in [4.69, 9.17) is 14.4 Å². The van der Waals surface area contributed by atoms with Gasteiger partial charge in [0.2, 0.25) is 5.95 Å². The molecule has 0 fully saturated rings. The average Bonchev–Trinajstić information content (AvgIpc) is 3.66. The number of rotatable bonds is 3. The molecule has 3 atom stereocenters. The van der Waals surface area contributed by atoms with Gasteiger partial charge in [0.1, 0.15) is 11.2 Å². The van der Waals surface area contributed by atoms with Crippen molar-refractivity contribution < 1.29 is 4.42 Å². The van der Waals surface area contributed by atoms with E-state index in [-0.39, 0.29) is 12.0 Å². The minimum atomic E-state index is 0.0791. The first-order chi connectivity index (χ1) is 23.6. The van der Waals surface area contributed by atoms with Gasteiger partial charge < -0.3 is 9.32 Å². The van der Waals surface area contributed by atoms with E-state index in [0.717, 1.165) is 76.6 Å². The van der Waals surface area contributed by atoms with Crippen LogP contribution in [0, 0.1) is 5.92 Å². The molecule has 4 heteroatoms. The molecule has 3 unspecified atom stereocenters. The molecule has 48 heavy (non-hydrogen) atoms. The number of aromatic nitrogens is 2. The zero-order valence-corrected chi connectivity index (χ0v) is 27.4. The zero-order valence-electron chi connectivity index (χ0n) is 27.4. The minimum absolute atomic E-state index is 0.0791. The third kappa shape index (κ3) is 4.21. The first kappa shape index (κ1) is 27.9. The predicted molar refractivity (Wildman–Crippen MR) is 198 cm³/mol. The van der Waals surface area contributed by atoms with Crippen molar-refractivity contribution in [2.75, 3.05) is 4.90 Å². The average molecular weight is 624 g/mol. The molecule has 1 aliphatic heterocycles. The lowest BCUT2D eigenvalue weighted by Crippen LogP contribution is -2.39. The van der Waals surface area contributed by atoms with Crippen LogP contribution in [0.1, 0.15) is 73.4 Å². The third-order valence-electron chi connectivity index (χ3n) is 10.9. The molecule has 0 saturated heterocycles. The van der Waals surface area contributed by atoms with Gasteiger partial charge in [-0.1, -0.05) is 110 Å². The fourth-order valence-electron chi connectivity index (χ4n) is 8.88. The van der Waals surface area contributed by atoms with Crippen LogP contribution in [-0.2, 0) is 6.42 Å². The number of furan rings is 1. The Morgan fingerprint density at radius 1 is 0.875 bits per heavy atom. The van der Waals surface area contributed by atoms with Crippen molar-refractivity contribution in [1.82, 2.24) is 9.97 Å². The third-order valence-corrected chi connectivity index (χ3v) is 10.9. The summed E-state index contributed by atoms with van der Waals surface area (Å²) in [6.07, 6.45) is 26.3. The minimum Gasteiger partial charge on any atom is -0.455 e. The largest absolute Gasteiger partial charge is 0.455 e. The van der Waals surface area contributed by atoms with E-state index in [1.807, 2.05) is 6.07 Å². The Labute approximate surface area is 280 Å². The number of anilines is 2. The Morgan fingerprint density at radius 2 is 1.77 bits per heavy atom. The summed E-state index contributed by atoms with van der Waals surface area (Å²) < 4.78 is 6.51. The fraction of sp³-hybridized carbons (Fsp3) is 0.227. The maximum atomic E-state index is 6.51. The molecule has 234 valence electrons. The number of nitrogens with zero attached hydrogens (tertiary/aromatic N) is 3. The van der Waals surface area contributed by atoms with Crippen LogP contribution in [0.25, 0.3) is 51.3 Å².